The van der Waals surface area contributed by atoms with Gasteiger partial charge in [0.05, 0.1) is 5.56 Å². The summed E-state index contributed by atoms with van der Waals surface area (Å²) in [5, 5.41) is 1.57. The lowest BCUT2D eigenvalue weighted by molar-refractivity contribution is 0.0536. The summed E-state index contributed by atoms with van der Waals surface area (Å²) in [6.07, 6.45) is 1.89. The Labute approximate surface area is 162 Å². The molecule has 27 heavy (non-hydrogen) atoms. The van der Waals surface area contributed by atoms with Gasteiger partial charge < -0.3 is 14.4 Å². The van der Waals surface area contributed by atoms with Crippen LogP contribution in [-0.2, 0) is 7.05 Å². The number of piperazine rings is 1. The van der Waals surface area contributed by atoms with Crippen molar-refractivity contribution in [2.75, 3.05) is 26.2 Å². The van der Waals surface area contributed by atoms with Crippen molar-refractivity contribution in [2.45, 2.75) is 0 Å². The van der Waals surface area contributed by atoms with E-state index in [1.807, 2.05) is 47.0 Å². The van der Waals surface area contributed by atoms with E-state index in [1.54, 1.807) is 29.2 Å². The summed E-state index contributed by atoms with van der Waals surface area (Å²) < 4.78 is 1.98. The zero-order valence-electron chi connectivity index (χ0n) is 15.1. The molecule has 4 rings (SSSR count). The zero-order chi connectivity index (χ0) is 19.0. The molecule has 2 aromatic carbocycles. The number of benzene rings is 2. The molecule has 0 saturated carbocycles. The third kappa shape index (κ3) is 3.30. The number of nitrogens with zero attached hydrogens (tertiary/aromatic N) is 3. The maximum atomic E-state index is 13.0. The van der Waals surface area contributed by atoms with Crippen molar-refractivity contribution in [3.63, 3.8) is 0 Å². The molecule has 6 heteroatoms. The van der Waals surface area contributed by atoms with Crippen LogP contribution in [-0.4, -0.2) is 52.4 Å². The lowest BCUT2D eigenvalue weighted by atomic mass is 10.1. The molecule has 0 aliphatic carbocycles. The topological polar surface area (TPSA) is 45.6 Å². The van der Waals surface area contributed by atoms with Crippen molar-refractivity contribution >= 4 is 34.3 Å². The number of hydrogen-bond donors (Lipinski definition) is 0. The second-order valence-electron chi connectivity index (χ2n) is 6.76. The van der Waals surface area contributed by atoms with Crippen LogP contribution < -0.4 is 0 Å². The largest absolute Gasteiger partial charge is 0.350 e. The monoisotopic (exact) mass is 381 g/mol. The van der Waals surface area contributed by atoms with Gasteiger partial charge in [-0.2, -0.15) is 0 Å². The van der Waals surface area contributed by atoms with Crippen LogP contribution in [0.2, 0.25) is 5.02 Å². The molecular formula is C21H20ClN3O2. The minimum Gasteiger partial charge on any atom is -0.350 e. The van der Waals surface area contributed by atoms with Gasteiger partial charge in [-0.15, -0.1) is 0 Å². The second kappa shape index (κ2) is 7.08. The fraction of sp³-hybridized carbons (Fsp3) is 0.238. The van der Waals surface area contributed by atoms with E-state index >= 15 is 0 Å². The van der Waals surface area contributed by atoms with E-state index in [9.17, 15) is 9.59 Å². The van der Waals surface area contributed by atoms with Crippen molar-refractivity contribution in [3.05, 3.63) is 70.9 Å². The Kier molecular flexibility index (Phi) is 4.62. The van der Waals surface area contributed by atoms with Crippen LogP contribution in [0.3, 0.4) is 0 Å². The van der Waals surface area contributed by atoms with Crippen LogP contribution >= 0.6 is 11.6 Å². The van der Waals surface area contributed by atoms with Gasteiger partial charge in [0.15, 0.2) is 0 Å². The van der Waals surface area contributed by atoms with E-state index in [2.05, 4.69) is 0 Å². The molecule has 2 amide bonds. The van der Waals surface area contributed by atoms with E-state index in [-0.39, 0.29) is 11.8 Å². The molecule has 1 aromatic heterocycles. The number of carbonyl (C=O) groups is 2. The molecule has 1 aliphatic rings. The van der Waals surface area contributed by atoms with Crippen LogP contribution in [0.25, 0.3) is 10.9 Å². The molecule has 0 atom stereocenters. The maximum absolute atomic E-state index is 13.0. The van der Waals surface area contributed by atoms with Gasteiger partial charge in [0.2, 0.25) is 0 Å². The highest BCUT2D eigenvalue weighted by Gasteiger charge is 2.27. The summed E-state index contributed by atoms with van der Waals surface area (Å²) in [7, 11) is 1.95. The van der Waals surface area contributed by atoms with Gasteiger partial charge in [0.1, 0.15) is 0 Å². The summed E-state index contributed by atoms with van der Waals surface area (Å²) in [4.78, 5) is 29.2. The second-order valence-corrected chi connectivity index (χ2v) is 7.20. The molecule has 138 valence electrons. The van der Waals surface area contributed by atoms with Gasteiger partial charge in [-0.1, -0.05) is 29.8 Å². The quantitative estimate of drug-likeness (QED) is 0.682. The first-order chi connectivity index (χ1) is 13.0. The first kappa shape index (κ1) is 17.6. The fourth-order valence-electron chi connectivity index (χ4n) is 3.57. The summed E-state index contributed by atoms with van der Waals surface area (Å²) in [6, 6.07) is 14.8. The van der Waals surface area contributed by atoms with E-state index in [0.29, 0.717) is 42.3 Å². The van der Waals surface area contributed by atoms with E-state index < -0.39 is 0 Å². The number of halogens is 1. The van der Waals surface area contributed by atoms with E-state index in [1.165, 1.54) is 0 Å². The van der Waals surface area contributed by atoms with Crippen molar-refractivity contribution < 1.29 is 9.59 Å². The standard InChI is InChI=1S/C21H20ClN3O2/c1-23-14-18(17-4-2-3-5-19(17)23)21(27)25-12-10-24(11-13-25)20(26)15-6-8-16(22)9-7-15/h2-9,14H,10-13H2,1H3. The predicted octanol–water partition coefficient (Wildman–Crippen LogP) is 3.43. The Bertz CT molecular complexity index is 1000. The average molecular weight is 382 g/mol. The summed E-state index contributed by atoms with van der Waals surface area (Å²) in [5.41, 5.74) is 2.37. The third-order valence-electron chi connectivity index (χ3n) is 5.07. The molecule has 0 spiro atoms. The fourth-order valence-corrected chi connectivity index (χ4v) is 3.70. The van der Waals surface area contributed by atoms with E-state index in [0.717, 1.165) is 10.9 Å². The molecule has 2 heterocycles. The first-order valence-corrected chi connectivity index (χ1v) is 9.30. The number of rotatable bonds is 2. The molecule has 0 bridgehead atoms. The number of aryl methyl sites for hydroxylation is 1. The molecular weight excluding hydrogens is 362 g/mol. The maximum Gasteiger partial charge on any atom is 0.256 e. The Morgan fingerprint density at radius 1 is 0.852 bits per heavy atom. The van der Waals surface area contributed by atoms with Crippen LogP contribution in [0.1, 0.15) is 20.7 Å². The van der Waals surface area contributed by atoms with Gasteiger partial charge in [-0.25, -0.2) is 0 Å². The normalized spacial score (nSPS) is 14.6. The number of para-hydroxylation sites is 1. The number of amides is 2. The molecule has 3 aromatic rings. The highest BCUT2D eigenvalue weighted by Crippen LogP contribution is 2.22. The minimum absolute atomic E-state index is 0.0189. The number of aromatic nitrogens is 1. The number of fused-ring (bicyclic) bond motifs is 1. The molecule has 1 aliphatic heterocycles. The summed E-state index contributed by atoms with van der Waals surface area (Å²) in [5.74, 6) is -0.00526. The van der Waals surface area contributed by atoms with Gasteiger partial charge in [-0.05, 0) is 30.3 Å². The Hall–Kier alpha value is -2.79. The van der Waals surface area contributed by atoms with Crippen molar-refractivity contribution in [3.8, 4) is 0 Å². The summed E-state index contributed by atoms with van der Waals surface area (Å²) in [6.45, 7) is 2.11. The molecule has 1 saturated heterocycles. The predicted molar refractivity (Wildman–Crippen MR) is 106 cm³/mol. The number of hydrogen-bond acceptors (Lipinski definition) is 2. The highest BCUT2D eigenvalue weighted by atomic mass is 35.5. The van der Waals surface area contributed by atoms with Crippen LogP contribution in [0.15, 0.2) is 54.7 Å². The molecule has 0 radical (unpaired) electrons. The van der Waals surface area contributed by atoms with Gasteiger partial charge in [0, 0.05) is 60.9 Å². The number of carbonyl (C=O) groups excluding carboxylic acids is 2. The van der Waals surface area contributed by atoms with Crippen molar-refractivity contribution in [2.24, 2.45) is 7.05 Å². The lowest BCUT2D eigenvalue weighted by Crippen LogP contribution is -2.50. The molecule has 0 N–H and O–H groups in total. The van der Waals surface area contributed by atoms with E-state index in [4.69, 9.17) is 11.6 Å². The zero-order valence-corrected chi connectivity index (χ0v) is 15.8. The lowest BCUT2D eigenvalue weighted by Gasteiger charge is -2.34. The Morgan fingerprint density at radius 3 is 2.11 bits per heavy atom. The highest BCUT2D eigenvalue weighted by molar-refractivity contribution is 6.30. The van der Waals surface area contributed by atoms with Crippen LogP contribution in [0, 0.1) is 0 Å². The Morgan fingerprint density at radius 2 is 1.44 bits per heavy atom. The van der Waals surface area contributed by atoms with Crippen molar-refractivity contribution in [1.29, 1.82) is 0 Å². The minimum atomic E-state index is -0.0241. The van der Waals surface area contributed by atoms with Crippen LogP contribution in [0.4, 0.5) is 0 Å². The Balaban J connectivity index is 1.46. The summed E-state index contributed by atoms with van der Waals surface area (Å²) >= 11 is 5.89. The van der Waals surface area contributed by atoms with Crippen molar-refractivity contribution in [1.82, 2.24) is 14.4 Å². The van der Waals surface area contributed by atoms with Gasteiger partial charge in [0.25, 0.3) is 11.8 Å². The van der Waals surface area contributed by atoms with Crippen LogP contribution in [0.5, 0.6) is 0 Å². The smallest absolute Gasteiger partial charge is 0.256 e. The first-order valence-electron chi connectivity index (χ1n) is 8.93. The van der Waals surface area contributed by atoms with Gasteiger partial charge in [-0.3, -0.25) is 9.59 Å². The van der Waals surface area contributed by atoms with Gasteiger partial charge >= 0.3 is 0 Å². The molecule has 0 unspecified atom stereocenters. The SMILES string of the molecule is Cn1cc(C(=O)N2CCN(C(=O)c3ccc(Cl)cc3)CC2)c2ccccc21. The molecule has 5 nitrogen and oxygen atoms in total. The molecule has 1 fully saturated rings. The third-order valence-corrected chi connectivity index (χ3v) is 5.32. The average Bonchev–Trinajstić information content (AvgIpc) is 3.05.